The maximum Gasteiger partial charge on any atom is 0.325 e. The predicted octanol–water partition coefficient (Wildman–Crippen LogP) is 1.43. The summed E-state index contributed by atoms with van der Waals surface area (Å²) in [4.78, 5) is 34.7. The lowest BCUT2D eigenvalue weighted by Gasteiger charge is -2.27. The van der Waals surface area contributed by atoms with Crippen molar-refractivity contribution in [2.24, 2.45) is 0 Å². The van der Waals surface area contributed by atoms with Crippen LogP contribution in [0.15, 0.2) is 24.3 Å². The lowest BCUT2D eigenvalue weighted by molar-refractivity contribution is -0.384. The molecule has 0 spiro atoms. The maximum atomic E-state index is 11.7. The number of nitro groups is 1. The Morgan fingerprint density at radius 3 is 2.26 bits per heavy atom. The smallest absolute Gasteiger partial charge is 0.306 e. The molecule has 0 aromatic heterocycles. The van der Waals surface area contributed by atoms with Gasteiger partial charge in [-0.3, -0.25) is 20.2 Å². The minimum absolute atomic E-state index is 0.00930. The SMILES string of the molecule is CC1(C)C(=O)NC(=O)N1Cc1ccc([N+](=O)[O-])cc1. The van der Waals surface area contributed by atoms with Crippen LogP contribution in [0.5, 0.6) is 0 Å². The van der Waals surface area contributed by atoms with E-state index in [1.165, 1.54) is 17.0 Å². The van der Waals surface area contributed by atoms with Gasteiger partial charge in [-0.05, 0) is 19.4 Å². The Kier molecular flexibility index (Phi) is 2.97. The highest BCUT2D eigenvalue weighted by Crippen LogP contribution is 2.24. The van der Waals surface area contributed by atoms with Gasteiger partial charge < -0.3 is 4.90 Å². The molecule has 7 nitrogen and oxygen atoms in total. The quantitative estimate of drug-likeness (QED) is 0.507. The van der Waals surface area contributed by atoms with Crippen LogP contribution in [0.2, 0.25) is 0 Å². The van der Waals surface area contributed by atoms with E-state index in [2.05, 4.69) is 5.32 Å². The summed E-state index contributed by atoms with van der Waals surface area (Å²) in [6, 6.07) is 5.44. The van der Waals surface area contributed by atoms with Crippen molar-refractivity contribution < 1.29 is 14.5 Å². The predicted molar refractivity (Wildman–Crippen MR) is 66.3 cm³/mol. The molecule has 1 aromatic carbocycles. The molecular weight excluding hydrogens is 250 g/mol. The molecule has 0 atom stereocenters. The first-order chi connectivity index (χ1) is 8.82. The third-order valence-electron chi connectivity index (χ3n) is 3.18. The average molecular weight is 263 g/mol. The highest BCUT2D eigenvalue weighted by atomic mass is 16.6. The number of nitro benzene ring substituents is 1. The lowest BCUT2D eigenvalue weighted by Crippen LogP contribution is -2.43. The number of hydrogen-bond donors (Lipinski definition) is 1. The first-order valence-corrected chi connectivity index (χ1v) is 5.69. The van der Waals surface area contributed by atoms with E-state index in [0.717, 1.165) is 5.56 Å². The molecule has 1 aliphatic heterocycles. The van der Waals surface area contributed by atoms with Gasteiger partial charge in [0.2, 0.25) is 0 Å². The number of hydrogen-bond acceptors (Lipinski definition) is 4. The second-order valence-electron chi connectivity index (χ2n) is 4.83. The summed E-state index contributed by atoms with van der Waals surface area (Å²) in [5.41, 5.74) is -0.202. The van der Waals surface area contributed by atoms with Crippen LogP contribution in [0.4, 0.5) is 10.5 Å². The van der Waals surface area contributed by atoms with Gasteiger partial charge in [0.25, 0.3) is 11.6 Å². The number of carbonyl (C=O) groups is 2. The Balaban J connectivity index is 2.19. The molecule has 0 radical (unpaired) electrons. The van der Waals surface area contributed by atoms with Crippen LogP contribution in [0.1, 0.15) is 19.4 Å². The summed E-state index contributed by atoms with van der Waals surface area (Å²) in [5.74, 6) is -0.348. The van der Waals surface area contributed by atoms with Gasteiger partial charge in [0.15, 0.2) is 0 Å². The van der Waals surface area contributed by atoms with Crippen LogP contribution >= 0.6 is 0 Å². The van der Waals surface area contributed by atoms with Crippen LogP contribution in [0, 0.1) is 10.1 Å². The van der Waals surface area contributed by atoms with Crippen LogP contribution in [-0.2, 0) is 11.3 Å². The first kappa shape index (κ1) is 13.0. The van der Waals surface area contributed by atoms with Crippen molar-refractivity contribution in [2.75, 3.05) is 0 Å². The highest BCUT2D eigenvalue weighted by Gasteiger charge is 2.45. The largest absolute Gasteiger partial charge is 0.325 e. The summed E-state index contributed by atoms with van der Waals surface area (Å²) in [6.07, 6.45) is 0. The van der Waals surface area contributed by atoms with Gasteiger partial charge in [0.05, 0.1) is 4.92 Å². The van der Waals surface area contributed by atoms with E-state index < -0.39 is 16.5 Å². The van der Waals surface area contributed by atoms with Crippen LogP contribution < -0.4 is 5.32 Å². The van der Waals surface area contributed by atoms with Crippen molar-refractivity contribution >= 4 is 17.6 Å². The summed E-state index contributed by atoms with van der Waals surface area (Å²) in [5, 5.41) is 12.8. The van der Waals surface area contributed by atoms with Crippen LogP contribution in [0.25, 0.3) is 0 Å². The summed E-state index contributed by atoms with van der Waals surface area (Å²) in [7, 11) is 0. The molecule has 1 saturated heterocycles. The molecular formula is C12H13N3O4. The Bertz CT molecular complexity index is 551. The molecule has 3 amide bonds. The third kappa shape index (κ3) is 2.26. The molecule has 7 heteroatoms. The van der Waals surface area contributed by atoms with Gasteiger partial charge >= 0.3 is 6.03 Å². The molecule has 0 unspecified atom stereocenters. The average Bonchev–Trinajstić information content (AvgIpc) is 2.53. The number of carbonyl (C=O) groups excluding carboxylic acids is 2. The van der Waals surface area contributed by atoms with E-state index in [1.807, 2.05) is 0 Å². The van der Waals surface area contributed by atoms with E-state index >= 15 is 0 Å². The Labute approximate surface area is 109 Å². The molecule has 1 aromatic rings. The second kappa shape index (κ2) is 4.34. The summed E-state index contributed by atoms with van der Waals surface area (Å²) < 4.78 is 0. The minimum atomic E-state index is -0.918. The molecule has 1 N–H and O–H groups in total. The molecule has 19 heavy (non-hydrogen) atoms. The number of nitrogens with one attached hydrogen (secondary N) is 1. The molecule has 2 rings (SSSR count). The molecule has 0 saturated carbocycles. The molecule has 1 fully saturated rings. The van der Waals surface area contributed by atoms with Gasteiger partial charge in [-0.15, -0.1) is 0 Å². The van der Waals surface area contributed by atoms with Gasteiger partial charge in [0.1, 0.15) is 5.54 Å². The third-order valence-corrected chi connectivity index (χ3v) is 3.18. The van der Waals surface area contributed by atoms with E-state index in [4.69, 9.17) is 0 Å². The number of amides is 3. The van der Waals surface area contributed by atoms with E-state index in [0.29, 0.717) is 0 Å². The molecule has 0 bridgehead atoms. The van der Waals surface area contributed by atoms with Gasteiger partial charge in [-0.25, -0.2) is 4.79 Å². The van der Waals surface area contributed by atoms with E-state index in [-0.39, 0.29) is 18.1 Å². The van der Waals surface area contributed by atoms with E-state index in [1.54, 1.807) is 26.0 Å². The van der Waals surface area contributed by atoms with Crippen LogP contribution in [-0.4, -0.2) is 27.3 Å². The minimum Gasteiger partial charge on any atom is -0.306 e. The number of nitrogens with zero attached hydrogens (tertiary/aromatic N) is 2. The number of benzene rings is 1. The fraction of sp³-hybridized carbons (Fsp3) is 0.333. The zero-order chi connectivity index (χ0) is 14.2. The Morgan fingerprint density at radius 2 is 1.84 bits per heavy atom. The molecule has 1 heterocycles. The van der Waals surface area contributed by atoms with E-state index in [9.17, 15) is 19.7 Å². The van der Waals surface area contributed by atoms with Crippen molar-refractivity contribution in [2.45, 2.75) is 25.9 Å². The molecule has 1 aliphatic rings. The number of urea groups is 1. The number of rotatable bonds is 3. The van der Waals surface area contributed by atoms with Crippen molar-refractivity contribution in [3.05, 3.63) is 39.9 Å². The Morgan fingerprint density at radius 1 is 1.26 bits per heavy atom. The first-order valence-electron chi connectivity index (χ1n) is 5.69. The highest BCUT2D eigenvalue weighted by molar-refractivity contribution is 6.06. The van der Waals surface area contributed by atoms with Crippen molar-refractivity contribution in [1.29, 1.82) is 0 Å². The molecule has 0 aliphatic carbocycles. The zero-order valence-corrected chi connectivity index (χ0v) is 10.5. The van der Waals surface area contributed by atoms with Crippen LogP contribution in [0.3, 0.4) is 0 Å². The van der Waals surface area contributed by atoms with Crippen molar-refractivity contribution in [1.82, 2.24) is 10.2 Å². The second-order valence-corrected chi connectivity index (χ2v) is 4.83. The lowest BCUT2D eigenvalue weighted by atomic mass is 10.0. The number of non-ortho nitro benzene ring substituents is 1. The van der Waals surface area contributed by atoms with Crippen molar-refractivity contribution in [3.8, 4) is 0 Å². The van der Waals surface area contributed by atoms with Gasteiger partial charge in [-0.1, -0.05) is 12.1 Å². The summed E-state index contributed by atoms with van der Waals surface area (Å²) in [6.45, 7) is 3.53. The summed E-state index contributed by atoms with van der Waals surface area (Å²) >= 11 is 0. The van der Waals surface area contributed by atoms with Gasteiger partial charge in [0, 0.05) is 18.7 Å². The Hall–Kier alpha value is -2.44. The standard InChI is InChI=1S/C12H13N3O4/c1-12(2)10(16)13-11(17)14(12)7-8-3-5-9(6-4-8)15(18)19/h3-6H,7H2,1-2H3,(H,13,16,17). The van der Waals surface area contributed by atoms with Gasteiger partial charge in [-0.2, -0.15) is 0 Å². The zero-order valence-electron chi connectivity index (χ0n) is 10.5. The topological polar surface area (TPSA) is 92.6 Å². The molecule has 100 valence electrons. The fourth-order valence-electron chi connectivity index (χ4n) is 1.87. The fourth-order valence-corrected chi connectivity index (χ4v) is 1.87. The normalized spacial score (nSPS) is 17.5. The number of imide groups is 1. The maximum absolute atomic E-state index is 11.7. The van der Waals surface area contributed by atoms with Crippen molar-refractivity contribution in [3.63, 3.8) is 0 Å². The monoisotopic (exact) mass is 263 g/mol.